The highest BCUT2D eigenvalue weighted by Crippen LogP contribution is 2.24. The highest BCUT2D eigenvalue weighted by atomic mass is 79.9. The Labute approximate surface area is 112 Å². The molecule has 2 rings (SSSR count). The van der Waals surface area contributed by atoms with Crippen LogP contribution in [0.5, 0.6) is 0 Å². The number of rotatable bonds is 3. The van der Waals surface area contributed by atoms with Crippen molar-refractivity contribution in [3.8, 4) is 0 Å². The first kappa shape index (κ1) is 13.1. The van der Waals surface area contributed by atoms with Gasteiger partial charge in [0.05, 0.1) is 0 Å². The van der Waals surface area contributed by atoms with Crippen molar-refractivity contribution in [2.45, 2.75) is 38.3 Å². The summed E-state index contributed by atoms with van der Waals surface area (Å²) >= 11 is 3.61. The molecule has 0 bridgehead atoms. The Hall–Kier alpha value is -0.380. The van der Waals surface area contributed by atoms with Gasteiger partial charge in [-0.15, -0.1) is 0 Å². The van der Waals surface area contributed by atoms with Crippen LogP contribution in [0.4, 0.5) is 0 Å². The van der Waals surface area contributed by atoms with E-state index >= 15 is 0 Å². The molecule has 1 saturated heterocycles. The average Bonchev–Trinajstić information content (AvgIpc) is 2.58. The fourth-order valence-electron chi connectivity index (χ4n) is 2.34. The van der Waals surface area contributed by atoms with E-state index in [1.807, 2.05) is 0 Å². The van der Waals surface area contributed by atoms with Gasteiger partial charge in [0.15, 0.2) is 0 Å². The fraction of sp³-hybridized carbons (Fsp3) is 0.571. The van der Waals surface area contributed by atoms with Crippen LogP contribution in [0.1, 0.15) is 37.8 Å². The van der Waals surface area contributed by atoms with E-state index in [9.17, 15) is 0 Å². The number of ether oxygens (including phenoxy) is 1. The SMILES string of the molecule is C[C@H](NC1CCCOCC1)c1ccccc1Br. The zero-order valence-electron chi connectivity index (χ0n) is 10.3. The van der Waals surface area contributed by atoms with Gasteiger partial charge in [-0.2, -0.15) is 0 Å². The van der Waals surface area contributed by atoms with Gasteiger partial charge >= 0.3 is 0 Å². The summed E-state index contributed by atoms with van der Waals surface area (Å²) in [5.74, 6) is 0. The normalized spacial score (nSPS) is 23.1. The summed E-state index contributed by atoms with van der Waals surface area (Å²) in [7, 11) is 0. The highest BCUT2D eigenvalue weighted by Gasteiger charge is 2.16. The van der Waals surface area contributed by atoms with E-state index in [2.05, 4.69) is 52.4 Å². The molecule has 1 heterocycles. The second-order valence-corrected chi connectivity index (χ2v) is 5.50. The first-order valence-electron chi connectivity index (χ1n) is 6.35. The molecular formula is C14H20BrNO. The Kier molecular flexibility index (Phi) is 5.01. The Morgan fingerprint density at radius 1 is 1.29 bits per heavy atom. The van der Waals surface area contributed by atoms with E-state index < -0.39 is 0 Å². The molecule has 1 aliphatic heterocycles. The van der Waals surface area contributed by atoms with Crippen LogP contribution in [0.25, 0.3) is 0 Å². The van der Waals surface area contributed by atoms with E-state index in [1.54, 1.807) is 0 Å². The summed E-state index contributed by atoms with van der Waals surface area (Å²) in [5, 5.41) is 3.71. The van der Waals surface area contributed by atoms with Gasteiger partial charge in [-0.05, 0) is 37.8 Å². The minimum Gasteiger partial charge on any atom is -0.381 e. The molecule has 1 unspecified atom stereocenters. The molecule has 3 heteroatoms. The monoisotopic (exact) mass is 297 g/mol. The van der Waals surface area contributed by atoms with E-state index in [1.165, 1.54) is 22.9 Å². The van der Waals surface area contributed by atoms with Gasteiger partial charge in [-0.3, -0.25) is 0 Å². The molecule has 2 nitrogen and oxygen atoms in total. The number of benzene rings is 1. The lowest BCUT2D eigenvalue weighted by atomic mass is 10.0. The van der Waals surface area contributed by atoms with Gasteiger partial charge in [0.25, 0.3) is 0 Å². The van der Waals surface area contributed by atoms with Crippen molar-refractivity contribution >= 4 is 15.9 Å². The maximum atomic E-state index is 5.49. The molecule has 0 saturated carbocycles. The molecule has 0 amide bonds. The minimum atomic E-state index is 0.383. The largest absolute Gasteiger partial charge is 0.381 e. The third-order valence-corrected chi connectivity index (χ3v) is 4.03. The smallest absolute Gasteiger partial charge is 0.0480 e. The second kappa shape index (κ2) is 6.53. The molecule has 1 aromatic rings. The molecule has 0 aliphatic carbocycles. The Balaban J connectivity index is 1.96. The van der Waals surface area contributed by atoms with Crippen molar-refractivity contribution in [1.29, 1.82) is 0 Å². The van der Waals surface area contributed by atoms with Crippen molar-refractivity contribution in [2.75, 3.05) is 13.2 Å². The molecule has 1 fully saturated rings. The topological polar surface area (TPSA) is 21.3 Å². The standard InChI is InChI=1S/C14H20BrNO/c1-11(13-6-2-3-7-14(13)15)16-12-5-4-9-17-10-8-12/h2-3,6-7,11-12,16H,4-5,8-10H2,1H3/t11-,12?/m0/s1. The third kappa shape index (κ3) is 3.80. The molecule has 17 heavy (non-hydrogen) atoms. The van der Waals surface area contributed by atoms with Crippen molar-refractivity contribution < 1.29 is 4.74 Å². The van der Waals surface area contributed by atoms with Crippen LogP contribution in [-0.2, 0) is 4.74 Å². The summed E-state index contributed by atoms with van der Waals surface area (Å²) in [6.07, 6.45) is 3.50. The third-order valence-electron chi connectivity index (χ3n) is 3.31. The molecule has 0 spiro atoms. The van der Waals surface area contributed by atoms with E-state index in [-0.39, 0.29) is 0 Å². The average molecular weight is 298 g/mol. The zero-order valence-corrected chi connectivity index (χ0v) is 11.9. The van der Waals surface area contributed by atoms with Crippen LogP contribution >= 0.6 is 15.9 Å². The van der Waals surface area contributed by atoms with Gasteiger partial charge in [0.2, 0.25) is 0 Å². The van der Waals surface area contributed by atoms with Crippen LogP contribution in [-0.4, -0.2) is 19.3 Å². The fourth-order valence-corrected chi connectivity index (χ4v) is 2.97. The highest BCUT2D eigenvalue weighted by molar-refractivity contribution is 9.10. The van der Waals surface area contributed by atoms with E-state index in [4.69, 9.17) is 4.74 Å². The minimum absolute atomic E-state index is 0.383. The molecule has 1 aliphatic rings. The van der Waals surface area contributed by atoms with E-state index in [0.29, 0.717) is 12.1 Å². The molecular weight excluding hydrogens is 278 g/mol. The Morgan fingerprint density at radius 2 is 2.12 bits per heavy atom. The first-order valence-corrected chi connectivity index (χ1v) is 7.15. The van der Waals surface area contributed by atoms with Gasteiger partial charge in [0.1, 0.15) is 0 Å². The number of hydrogen-bond acceptors (Lipinski definition) is 2. The van der Waals surface area contributed by atoms with Crippen molar-refractivity contribution in [3.63, 3.8) is 0 Å². The number of nitrogens with one attached hydrogen (secondary N) is 1. The van der Waals surface area contributed by atoms with Gasteiger partial charge in [-0.1, -0.05) is 34.1 Å². The van der Waals surface area contributed by atoms with Gasteiger partial charge in [-0.25, -0.2) is 0 Å². The Bertz CT molecular complexity index is 348. The molecule has 94 valence electrons. The summed E-state index contributed by atoms with van der Waals surface area (Å²) < 4.78 is 6.67. The molecule has 1 aromatic carbocycles. The molecule has 1 N–H and O–H groups in total. The molecule has 0 aromatic heterocycles. The van der Waals surface area contributed by atoms with Crippen LogP contribution in [0, 0.1) is 0 Å². The molecule has 2 atom stereocenters. The maximum Gasteiger partial charge on any atom is 0.0480 e. The van der Waals surface area contributed by atoms with Crippen molar-refractivity contribution in [2.24, 2.45) is 0 Å². The second-order valence-electron chi connectivity index (χ2n) is 4.65. The first-order chi connectivity index (χ1) is 8.27. The summed E-state index contributed by atoms with van der Waals surface area (Å²) in [5.41, 5.74) is 1.33. The maximum absolute atomic E-state index is 5.49. The quantitative estimate of drug-likeness (QED) is 0.919. The van der Waals surface area contributed by atoms with Crippen LogP contribution in [0.2, 0.25) is 0 Å². The number of halogens is 1. The summed E-state index contributed by atoms with van der Waals surface area (Å²) in [6.45, 7) is 4.04. The number of hydrogen-bond donors (Lipinski definition) is 1. The van der Waals surface area contributed by atoms with E-state index in [0.717, 1.165) is 19.6 Å². The van der Waals surface area contributed by atoms with Crippen LogP contribution < -0.4 is 5.32 Å². The van der Waals surface area contributed by atoms with Crippen molar-refractivity contribution in [1.82, 2.24) is 5.32 Å². The predicted molar refractivity (Wildman–Crippen MR) is 74.2 cm³/mol. The lowest BCUT2D eigenvalue weighted by molar-refractivity contribution is 0.142. The van der Waals surface area contributed by atoms with Crippen molar-refractivity contribution in [3.05, 3.63) is 34.3 Å². The van der Waals surface area contributed by atoms with Gasteiger partial charge in [0, 0.05) is 29.8 Å². The lowest BCUT2D eigenvalue weighted by Gasteiger charge is -2.22. The zero-order chi connectivity index (χ0) is 12.1. The summed E-state index contributed by atoms with van der Waals surface area (Å²) in [6, 6.07) is 9.39. The Morgan fingerprint density at radius 3 is 2.94 bits per heavy atom. The van der Waals surface area contributed by atoms with Gasteiger partial charge < -0.3 is 10.1 Å². The lowest BCUT2D eigenvalue weighted by Crippen LogP contribution is -2.31. The van der Waals surface area contributed by atoms with Crippen LogP contribution in [0.15, 0.2) is 28.7 Å². The molecule has 0 radical (unpaired) electrons. The van der Waals surface area contributed by atoms with Crippen LogP contribution in [0.3, 0.4) is 0 Å². The predicted octanol–water partition coefficient (Wildman–Crippen LogP) is 3.67. The summed E-state index contributed by atoms with van der Waals surface area (Å²) in [4.78, 5) is 0.